The Labute approximate surface area is 112 Å². The van der Waals surface area contributed by atoms with Crippen molar-refractivity contribution in [2.75, 3.05) is 26.4 Å². The highest BCUT2D eigenvalue weighted by Crippen LogP contribution is 2.31. The first-order chi connectivity index (χ1) is 9.28. The SMILES string of the molecule is O=CCCC1OCC2(CO1)COC(CCC=O)OC2. The summed E-state index contributed by atoms with van der Waals surface area (Å²) in [6.07, 6.45) is 3.18. The molecule has 0 unspecified atom stereocenters. The van der Waals surface area contributed by atoms with Crippen molar-refractivity contribution in [1.29, 1.82) is 0 Å². The van der Waals surface area contributed by atoms with Crippen LogP contribution in [-0.2, 0) is 28.5 Å². The fraction of sp³-hybridized carbons (Fsp3) is 0.846. The Bertz CT molecular complexity index is 256. The Kier molecular flexibility index (Phi) is 5.45. The molecular weight excluding hydrogens is 252 g/mol. The predicted molar refractivity (Wildman–Crippen MR) is 64.4 cm³/mol. The van der Waals surface area contributed by atoms with Gasteiger partial charge in [0.2, 0.25) is 0 Å². The van der Waals surface area contributed by atoms with Crippen LogP contribution in [0.3, 0.4) is 0 Å². The zero-order valence-electron chi connectivity index (χ0n) is 10.9. The molecular formula is C13H20O6. The lowest BCUT2D eigenvalue weighted by atomic mass is 9.90. The number of hydrogen-bond acceptors (Lipinski definition) is 6. The summed E-state index contributed by atoms with van der Waals surface area (Å²) in [7, 11) is 0. The van der Waals surface area contributed by atoms with Gasteiger partial charge in [-0.1, -0.05) is 0 Å². The lowest BCUT2D eigenvalue weighted by Crippen LogP contribution is -2.52. The maximum Gasteiger partial charge on any atom is 0.158 e. The molecule has 0 N–H and O–H groups in total. The second-order valence-electron chi connectivity index (χ2n) is 5.09. The van der Waals surface area contributed by atoms with E-state index in [0.29, 0.717) is 52.1 Å². The normalized spacial score (nSPS) is 35.2. The van der Waals surface area contributed by atoms with Gasteiger partial charge in [-0.3, -0.25) is 0 Å². The van der Waals surface area contributed by atoms with E-state index >= 15 is 0 Å². The molecule has 0 bridgehead atoms. The molecule has 2 aliphatic heterocycles. The Morgan fingerprint density at radius 2 is 1.16 bits per heavy atom. The molecule has 2 rings (SSSR count). The van der Waals surface area contributed by atoms with Crippen LogP contribution in [0.4, 0.5) is 0 Å². The lowest BCUT2D eigenvalue weighted by molar-refractivity contribution is -0.303. The first-order valence-corrected chi connectivity index (χ1v) is 6.62. The topological polar surface area (TPSA) is 71.1 Å². The van der Waals surface area contributed by atoms with E-state index in [1.54, 1.807) is 0 Å². The maximum absolute atomic E-state index is 10.3. The van der Waals surface area contributed by atoms with Gasteiger partial charge in [-0.15, -0.1) is 0 Å². The van der Waals surface area contributed by atoms with Gasteiger partial charge in [-0.2, -0.15) is 0 Å². The minimum Gasteiger partial charge on any atom is -0.352 e. The maximum atomic E-state index is 10.3. The van der Waals surface area contributed by atoms with E-state index in [9.17, 15) is 9.59 Å². The largest absolute Gasteiger partial charge is 0.352 e. The van der Waals surface area contributed by atoms with Crippen LogP contribution in [-0.4, -0.2) is 51.6 Å². The quantitative estimate of drug-likeness (QED) is 0.662. The van der Waals surface area contributed by atoms with Crippen LogP contribution in [0.2, 0.25) is 0 Å². The van der Waals surface area contributed by atoms with E-state index in [2.05, 4.69) is 0 Å². The monoisotopic (exact) mass is 272 g/mol. The van der Waals surface area contributed by atoms with Crippen LogP contribution >= 0.6 is 0 Å². The van der Waals surface area contributed by atoms with E-state index in [1.165, 1.54) is 0 Å². The number of hydrogen-bond donors (Lipinski definition) is 0. The van der Waals surface area contributed by atoms with Gasteiger partial charge in [0.05, 0.1) is 31.8 Å². The van der Waals surface area contributed by atoms with Crippen molar-refractivity contribution in [3.8, 4) is 0 Å². The Morgan fingerprint density at radius 1 is 0.789 bits per heavy atom. The zero-order valence-corrected chi connectivity index (χ0v) is 10.9. The highest BCUT2D eigenvalue weighted by molar-refractivity contribution is 5.49. The smallest absolute Gasteiger partial charge is 0.158 e. The molecule has 0 aliphatic carbocycles. The first kappa shape index (κ1) is 14.6. The minimum absolute atomic E-state index is 0.255. The molecule has 2 saturated heterocycles. The molecule has 0 saturated carbocycles. The van der Waals surface area contributed by atoms with Crippen molar-refractivity contribution < 1.29 is 28.5 Å². The lowest BCUT2D eigenvalue weighted by Gasteiger charge is -2.43. The van der Waals surface area contributed by atoms with Crippen LogP contribution < -0.4 is 0 Å². The molecule has 0 aromatic heterocycles. The number of carbonyl (C=O) groups excluding carboxylic acids is 2. The van der Waals surface area contributed by atoms with Crippen molar-refractivity contribution in [2.45, 2.75) is 38.3 Å². The standard InChI is InChI=1S/C13H20O6/c14-5-1-3-11-16-7-13(8-17-11)9-18-12(19-10-13)4-2-6-15/h5-6,11-12H,1-4,7-10H2. The molecule has 19 heavy (non-hydrogen) atoms. The van der Waals surface area contributed by atoms with E-state index < -0.39 is 0 Å². The van der Waals surface area contributed by atoms with Gasteiger partial charge in [0.25, 0.3) is 0 Å². The van der Waals surface area contributed by atoms with Crippen LogP contribution in [0.5, 0.6) is 0 Å². The molecule has 0 atom stereocenters. The van der Waals surface area contributed by atoms with Gasteiger partial charge in [-0.05, 0) is 0 Å². The minimum atomic E-state index is -0.302. The van der Waals surface area contributed by atoms with Crippen LogP contribution in [0.1, 0.15) is 25.7 Å². The fourth-order valence-corrected chi connectivity index (χ4v) is 2.17. The summed E-state index contributed by atoms with van der Waals surface area (Å²) in [6, 6.07) is 0. The van der Waals surface area contributed by atoms with E-state index in [1.807, 2.05) is 0 Å². The number of rotatable bonds is 6. The van der Waals surface area contributed by atoms with E-state index in [-0.39, 0.29) is 18.0 Å². The third-order valence-electron chi connectivity index (χ3n) is 3.34. The molecule has 2 fully saturated rings. The first-order valence-electron chi connectivity index (χ1n) is 6.62. The molecule has 2 heterocycles. The van der Waals surface area contributed by atoms with Gasteiger partial charge in [0, 0.05) is 25.7 Å². The van der Waals surface area contributed by atoms with Crippen molar-refractivity contribution in [3.63, 3.8) is 0 Å². The molecule has 108 valence electrons. The molecule has 6 heteroatoms. The molecule has 6 nitrogen and oxygen atoms in total. The van der Waals surface area contributed by atoms with Crippen molar-refractivity contribution in [1.82, 2.24) is 0 Å². The van der Waals surface area contributed by atoms with Crippen molar-refractivity contribution in [3.05, 3.63) is 0 Å². The summed E-state index contributed by atoms with van der Waals surface area (Å²) >= 11 is 0. The summed E-state index contributed by atoms with van der Waals surface area (Å²) in [4.78, 5) is 20.6. The summed E-state index contributed by atoms with van der Waals surface area (Å²) in [5, 5.41) is 0. The average Bonchev–Trinajstić information content (AvgIpc) is 2.46. The molecule has 2 aliphatic rings. The third-order valence-corrected chi connectivity index (χ3v) is 3.34. The van der Waals surface area contributed by atoms with Crippen molar-refractivity contribution >= 4 is 12.6 Å². The summed E-state index contributed by atoms with van der Waals surface area (Å²) < 4.78 is 22.4. The molecule has 0 radical (unpaired) electrons. The van der Waals surface area contributed by atoms with Gasteiger partial charge in [0.1, 0.15) is 12.6 Å². The highest BCUT2D eigenvalue weighted by Gasteiger charge is 2.41. The summed E-state index contributed by atoms with van der Waals surface area (Å²) in [6.45, 7) is 2.04. The molecule has 0 amide bonds. The van der Waals surface area contributed by atoms with Crippen LogP contribution in [0.15, 0.2) is 0 Å². The van der Waals surface area contributed by atoms with Gasteiger partial charge < -0.3 is 28.5 Å². The fourth-order valence-electron chi connectivity index (χ4n) is 2.17. The van der Waals surface area contributed by atoms with Crippen LogP contribution in [0.25, 0.3) is 0 Å². The Balaban J connectivity index is 1.72. The average molecular weight is 272 g/mol. The molecule has 0 aromatic carbocycles. The molecule has 0 aromatic rings. The second-order valence-corrected chi connectivity index (χ2v) is 5.09. The number of carbonyl (C=O) groups is 2. The second kappa shape index (κ2) is 7.09. The van der Waals surface area contributed by atoms with Gasteiger partial charge in [-0.25, -0.2) is 0 Å². The van der Waals surface area contributed by atoms with Crippen molar-refractivity contribution in [2.24, 2.45) is 5.41 Å². The predicted octanol–water partition coefficient (Wildman–Crippen LogP) is 0.677. The van der Waals surface area contributed by atoms with E-state index in [0.717, 1.165) is 12.6 Å². The molecule has 1 spiro atoms. The highest BCUT2D eigenvalue weighted by atomic mass is 16.7. The van der Waals surface area contributed by atoms with E-state index in [4.69, 9.17) is 18.9 Å². The third kappa shape index (κ3) is 4.07. The van der Waals surface area contributed by atoms with Gasteiger partial charge >= 0.3 is 0 Å². The number of ether oxygens (including phenoxy) is 4. The zero-order chi connectivity index (χ0) is 13.6. The van der Waals surface area contributed by atoms with Gasteiger partial charge in [0.15, 0.2) is 12.6 Å². The van der Waals surface area contributed by atoms with Crippen LogP contribution in [0, 0.1) is 5.41 Å². The summed E-state index contributed by atoms with van der Waals surface area (Å²) in [5.41, 5.74) is -0.255. The summed E-state index contributed by atoms with van der Waals surface area (Å²) in [5.74, 6) is 0. The Hall–Kier alpha value is -0.820. The number of aldehydes is 2. The Morgan fingerprint density at radius 3 is 1.47 bits per heavy atom.